The summed E-state index contributed by atoms with van der Waals surface area (Å²) in [6.07, 6.45) is 4.25. The van der Waals surface area contributed by atoms with Gasteiger partial charge in [-0.3, -0.25) is 0 Å². The van der Waals surface area contributed by atoms with Gasteiger partial charge >= 0.3 is 0 Å². The first kappa shape index (κ1) is 14.1. The van der Waals surface area contributed by atoms with Crippen LogP contribution in [0, 0.1) is 12.8 Å². The number of hydrogen-bond donors (Lipinski definition) is 1. The number of hydrogen-bond acceptors (Lipinski definition) is 5. The summed E-state index contributed by atoms with van der Waals surface area (Å²) in [6, 6.07) is 0. The fourth-order valence-corrected chi connectivity index (χ4v) is 2.54. The summed E-state index contributed by atoms with van der Waals surface area (Å²) in [5, 5.41) is 3.17. The van der Waals surface area contributed by atoms with Crippen LogP contribution in [-0.2, 0) is 4.74 Å². The van der Waals surface area contributed by atoms with Gasteiger partial charge in [-0.2, -0.15) is 4.98 Å². The zero-order chi connectivity index (χ0) is 13.7. The number of piperidine rings is 1. The quantitative estimate of drug-likeness (QED) is 0.882. The van der Waals surface area contributed by atoms with E-state index in [1.54, 1.807) is 7.11 Å². The first-order valence-electron chi connectivity index (χ1n) is 7.06. The molecule has 1 N–H and O–H groups in total. The van der Waals surface area contributed by atoms with Gasteiger partial charge in [0.05, 0.1) is 0 Å². The molecule has 0 atom stereocenters. The van der Waals surface area contributed by atoms with Crippen LogP contribution in [0.4, 0.5) is 11.8 Å². The molecule has 1 aliphatic rings. The molecule has 0 spiro atoms. The van der Waals surface area contributed by atoms with Gasteiger partial charge in [0.1, 0.15) is 5.82 Å². The van der Waals surface area contributed by atoms with E-state index in [1.807, 2.05) is 6.20 Å². The Hall–Kier alpha value is -1.36. The lowest BCUT2D eigenvalue weighted by molar-refractivity contribution is 0.139. The Labute approximate surface area is 115 Å². The molecular formula is C14H24N4O. The minimum Gasteiger partial charge on any atom is -0.384 e. The monoisotopic (exact) mass is 264 g/mol. The molecule has 2 rings (SSSR count). The average Bonchev–Trinajstić information content (AvgIpc) is 2.43. The first-order valence-corrected chi connectivity index (χ1v) is 7.06. The molecule has 106 valence electrons. The molecule has 1 saturated heterocycles. The second-order valence-corrected chi connectivity index (χ2v) is 5.12. The van der Waals surface area contributed by atoms with Crippen LogP contribution in [0.25, 0.3) is 0 Å². The van der Waals surface area contributed by atoms with Gasteiger partial charge in [0, 0.05) is 45.1 Å². The zero-order valence-corrected chi connectivity index (χ0v) is 12.1. The van der Waals surface area contributed by atoms with E-state index in [4.69, 9.17) is 4.74 Å². The Balaban J connectivity index is 2.03. The minimum atomic E-state index is 0.691. The van der Waals surface area contributed by atoms with Crippen molar-refractivity contribution in [2.24, 2.45) is 5.92 Å². The number of nitrogens with zero attached hydrogens (tertiary/aromatic N) is 3. The molecule has 5 heteroatoms. The fraction of sp³-hybridized carbons (Fsp3) is 0.714. The summed E-state index contributed by atoms with van der Waals surface area (Å²) < 4.78 is 5.24. The zero-order valence-electron chi connectivity index (χ0n) is 12.1. The standard InChI is InChI=1S/C14H24N4O/c1-4-15-14-16-9-11(2)13(17-14)18-7-5-12(6-8-18)10-19-3/h9,12H,4-8,10H2,1-3H3,(H,15,16,17). The van der Waals surface area contributed by atoms with Crippen molar-refractivity contribution in [3.8, 4) is 0 Å². The smallest absolute Gasteiger partial charge is 0.224 e. The molecule has 1 aromatic rings. The maximum atomic E-state index is 5.24. The molecule has 1 aromatic heterocycles. The Morgan fingerprint density at radius 3 is 2.79 bits per heavy atom. The molecule has 0 bridgehead atoms. The lowest BCUT2D eigenvalue weighted by Gasteiger charge is -2.33. The highest BCUT2D eigenvalue weighted by atomic mass is 16.5. The van der Waals surface area contributed by atoms with Gasteiger partial charge in [-0.25, -0.2) is 4.98 Å². The number of aryl methyl sites for hydroxylation is 1. The third-order valence-electron chi connectivity index (χ3n) is 3.60. The van der Waals surface area contributed by atoms with Gasteiger partial charge in [0.15, 0.2) is 0 Å². The first-order chi connectivity index (χ1) is 9.24. The van der Waals surface area contributed by atoms with Crippen LogP contribution in [0.3, 0.4) is 0 Å². The predicted molar refractivity (Wildman–Crippen MR) is 77.7 cm³/mol. The van der Waals surface area contributed by atoms with Crippen LogP contribution in [0.15, 0.2) is 6.20 Å². The van der Waals surface area contributed by atoms with Gasteiger partial charge in [0.2, 0.25) is 5.95 Å². The molecular weight excluding hydrogens is 240 g/mol. The molecule has 0 unspecified atom stereocenters. The van der Waals surface area contributed by atoms with E-state index >= 15 is 0 Å². The lowest BCUT2D eigenvalue weighted by atomic mass is 9.97. The van der Waals surface area contributed by atoms with Crippen molar-refractivity contribution in [3.05, 3.63) is 11.8 Å². The fourth-order valence-electron chi connectivity index (χ4n) is 2.54. The van der Waals surface area contributed by atoms with Gasteiger partial charge < -0.3 is 15.0 Å². The lowest BCUT2D eigenvalue weighted by Crippen LogP contribution is -2.36. The van der Waals surface area contributed by atoms with Crippen molar-refractivity contribution in [3.63, 3.8) is 0 Å². The summed E-state index contributed by atoms with van der Waals surface area (Å²) >= 11 is 0. The Morgan fingerprint density at radius 1 is 1.42 bits per heavy atom. The van der Waals surface area contributed by atoms with Crippen molar-refractivity contribution in [1.29, 1.82) is 0 Å². The molecule has 2 heterocycles. The summed E-state index contributed by atoms with van der Waals surface area (Å²) in [4.78, 5) is 11.3. The molecule has 0 saturated carbocycles. The van der Waals surface area contributed by atoms with Gasteiger partial charge in [0.25, 0.3) is 0 Å². The summed E-state index contributed by atoms with van der Waals surface area (Å²) in [5.74, 6) is 2.49. The molecule has 0 radical (unpaired) electrons. The third kappa shape index (κ3) is 3.56. The number of ether oxygens (including phenoxy) is 1. The van der Waals surface area contributed by atoms with Crippen molar-refractivity contribution in [1.82, 2.24) is 9.97 Å². The van der Waals surface area contributed by atoms with E-state index < -0.39 is 0 Å². The Morgan fingerprint density at radius 2 is 2.16 bits per heavy atom. The highest BCUT2D eigenvalue weighted by Gasteiger charge is 2.21. The molecule has 0 aromatic carbocycles. The van der Waals surface area contributed by atoms with Crippen molar-refractivity contribution in [2.45, 2.75) is 26.7 Å². The Kier molecular flexibility index (Phi) is 4.96. The third-order valence-corrected chi connectivity index (χ3v) is 3.60. The largest absolute Gasteiger partial charge is 0.384 e. The van der Waals surface area contributed by atoms with Crippen LogP contribution in [-0.4, -0.2) is 43.3 Å². The van der Waals surface area contributed by atoms with Gasteiger partial charge in [-0.1, -0.05) is 0 Å². The van der Waals surface area contributed by atoms with E-state index in [1.165, 1.54) is 12.8 Å². The summed E-state index contributed by atoms with van der Waals surface area (Å²) in [6.45, 7) is 7.96. The second-order valence-electron chi connectivity index (χ2n) is 5.12. The average molecular weight is 264 g/mol. The number of rotatable bonds is 5. The van der Waals surface area contributed by atoms with Crippen molar-refractivity contribution < 1.29 is 4.74 Å². The normalized spacial score (nSPS) is 16.7. The van der Waals surface area contributed by atoms with Crippen molar-refractivity contribution in [2.75, 3.05) is 43.6 Å². The van der Waals surface area contributed by atoms with E-state index in [2.05, 4.69) is 34.0 Å². The molecule has 1 fully saturated rings. The number of anilines is 2. The maximum absolute atomic E-state index is 5.24. The van der Waals surface area contributed by atoms with Crippen LogP contribution in [0.1, 0.15) is 25.3 Å². The molecule has 0 amide bonds. The van der Waals surface area contributed by atoms with E-state index in [0.29, 0.717) is 5.92 Å². The predicted octanol–water partition coefficient (Wildman–Crippen LogP) is 2.08. The summed E-state index contributed by atoms with van der Waals surface area (Å²) in [7, 11) is 1.78. The highest BCUT2D eigenvalue weighted by molar-refractivity contribution is 5.49. The molecule has 0 aliphatic carbocycles. The molecule has 1 aliphatic heterocycles. The van der Waals surface area contributed by atoms with Gasteiger partial charge in [-0.15, -0.1) is 0 Å². The highest BCUT2D eigenvalue weighted by Crippen LogP contribution is 2.24. The minimum absolute atomic E-state index is 0.691. The molecule has 19 heavy (non-hydrogen) atoms. The van der Waals surface area contributed by atoms with E-state index in [9.17, 15) is 0 Å². The number of aromatic nitrogens is 2. The molecule has 5 nitrogen and oxygen atoms in total. The SMILES string of the molecule is CCNc1ncc(C)c(N2CCC(COC)CC2)n1. The van der Waals surface area contributed by atoms with Crippen LogP contribution in [0.5, 0.6) is 0 Å². The number of methoxy groups -OCH3 is 1. The topological polar surface area (TPSA) is 50.3 Å². The number of nitrogens with one attached hydrogen (secondary N) is 1. The van der Waals surface area contributed by atoms with Crippen LogP contribution >= 0.6 is 0 Å². The van der Waals surface area contributed by atoms with E-state index in [-0.39, 0.29) is 0 Å². The van der Waals surface area contributed by atoms with E-state index in [0.717, 1.165) is 43.6 Å². The Bertz CT molecular complexity index is 402. The van der Waals surface area contributed by atoms with Crippen molar-refractivity contribution >= 4 is 11.8 Å². The van der Waals surface area contributed by atoms with Gasteiger partial charge in [-0.05, 0) is 32.6 Å². The van der Waals surface area contributed by atoms with Crippen LogP contribution < -0.4 is 10.2 Å². The summed E-state index contributed by atoms with van der Waals surface area (Å²) in [5.41, 5.74) is 1.15. The maximum Gasteiger partial charge on any atom is 0.224 e. The second kappa shape index (κ2) is 6.70. The van der Waals surface area contributed by atoms with Crippen LogP contribution in [0.2, 0.25) is 0 Å².